The number of alkyl halides is 3. The van der Waals surface area contributed by atoms with E-state index in [2.05, 4.69) is 5.32 Å². The summed E-state index contributed by atoms with van der Waals surface area (Å²) >= 11 is 0. The molecule has 0 fully saturated rings. The molecule has 3 N–H and O–H groups in total. The molecule has 0 spiro atoms. The molecule has 0 radical (unpaired) electrons. The predicted molar refractivity (Wildman–Crippen MR) is 110 cm³/mol. The van der Waals surface area contributed by atoms with Gasteiger partial charge in [-0.05, 0) is 36.8 Å². The average molecular weight is 451 g/mol. The quantitative estimate of drug-likeness (QED) is 0.607. The van der Waals surface area contributed by atoms with Crippen molar-refractivity contribution in [1.29, 1.82) is 5.26 Å². The van der Waals surface area contributed by atoms with Crippen molar-refractivity contribution in [3.05, 3.63) is 59.2 Å². The number of aryl methyl sites for hydroxylation is 1. The highest BCUT2D eigenvalue weighted by Crippen LogP contribution is 2.24. The summed E-state index contributed by atoms with van der Waals surface area (Å²) in [4.78, 5) is 34.5. The maximum Gasteiger partial charge on any atom is 0.490 e. The summed E-state index contributed by atoms with van der Waals surface area (Å²) in [5.41, 5.74) is 2.35. The summed E-state index contributed by atoms with van der Waals surface area (Å²) in [7, 11) is 1.73. The Morgan fingerprint density at radius 1 is 1.09 bits per heavy atom. The second kappa shape index (κ2) is 11.4. The minimum absolute atomic E-state index is 0.0722. The molecule has 0 saturated carbocycles. The second-order valence-electron chi connectivity index (χ2n) is 6.44. The highest BCUT2D eigenvalue weighted by molar-refractivity contribution is 6.06. The summed E-state index contributed by atoms with van der Waals surface area (Å²) < 4.78 is 31.7. The molecule has 32 heavy (non-hydrogen) atoms. The highest BCUT2D eigenvalue weighted by Gasteiger charge is 2.38. The highest BCUT2D eigenvalue weighted by atomic mass is 19.4. The number of rotatable bonds is 6. The zero-order valence-electron chi connectivity index (χ0n) is 17.1. The first-order valence-corrected chi connectivity index (χ1v) is 9.01. The number of carbonyl (C=O) groups is 3. The van der Waals surface area contributed by atoms with Crippen LogP contribution in [0.2, 0.25) is 0 Å². The predicted octanol–water partition coefficient (Wildman–Crippen LogP) is 3.93. The van der Waals surface area contributed by atoms with E-state index >= 15 is 0 Å². The third-order valence-corrected chi connectivity index (χ3v) is 4.09. The number of hydrogen-bond acceptors (Lipinski definition) is 5. The van der Waals surface area contributed by atoms with Crippen LogP contribution in [0, 0.1) is 18.3 Å². The van der Waals surface area contributed by atoms with Crippen molar-refractivity contribution in [3.8, 4) is 6.07 Å². The van der Waals surface area contributed by atoms with Gasteiger partial charge in [0.25, 0.3) is 5.91 Å². The Labute approximate surface area is 181 Å². The van der Waals surface area contributed by atoms with Gasteiger partial charge in [-0.15, -0.1) is 0 Å². The largest absolute Gasteiger partial charge is 0.490 e. The lowest BCUT2D eigenvalue weighted by Crippen LogP contribution is -2.21. The average Bonchev–Trinajstić information content (AvgIpc) is 2.71. The van der Waals surface area contributed by atoms with E-state index in [1.807, 2.05) is 25.1 Å². The minimum Gasteiger partial charge on any atom is -0.478 e. The Hall–Kier alpha value is -4.07. The first-order valence-electron chi connectivity index (χ1n) is 9.01. The number of nitrogens with one attached hydrogen (secondary N) is 1. The maximum absolute atomic E-state index is 12.4. The number of amides is 1. The smallest absolute Gasteiger partial charge is 0.478 e. The van der Waals surface area contributed by atoms with Gasteiger partial charge in [-0.25, -0.2) is 9.59 Å². The number of aliphatic carboxylic acids is 1. The van der Waals surface area contributed by atoms with Crippen LogP contribution in [0.15, 0.2) is 42.5 Å². The molecule has 1 amide bonds. The molecular formula is C21H20F3N3O5. The van der Waals surface area contributed by atoms with E-state index in [1.165, 1.54) is 6.07 Å². The molecular weight excluding hydrogens is 431 g/mol. The van der Waals surface area contributed by atoms with Crippen molar-refractivity contribution in [3.63, 3.8) is 0 Å². The van der Waals surface area contributed by atoms with Crippen LogP contribution >= 0.6 is 0 Å². The molecule has 2 rings (SSSR count). The lowest BCUT2D eigenvalue weighted by Gasteiger charge is -2.20. The summed E-state index contributed by atoms with van der Waals surface area (Å²) in [6.45, 7) is 2.26. The van der Waals surface area contributed by atoms with Crippen LogP contribution < -0.4 is 10.2 Å². The summed E-state index contributed by atoms with van der Waals surface area (Å²) in [6.07, 6.45) is -4.79. The topological polar surface area (TPSA) is 131 Å². The number of hydrogen-bond donors (Lipinski definition) is 3. The third-order valence-electron chi connectivity index (χ3n) is 4.09. The molecule has 11 heteroatoms. The van der Waals surface area contributed by atoms with E-state index in [1.54, 1.807) is 36.2 Å². The van der Waals surface area contributed by atoms with Gasteiger partial charge in [0.05, 0.1) is 23.7 Å². The first kappa shape index (κ1) is 26.0. The van der Waals surface area contributed by atoms with Crippen LogP contribution in [0.3, 0.4) is 0 Å². The number of nitrogens with zero attached hydrogens (tertiary/aromatic N) is 2. The number of aromatic carboxylic acids is 1. The fraction of sp³-hybridized carbons (Fsp3) is 0.238. The fourth-order valence-corrected chi connectivity index (χ4v) is 2.48. The van der Waals surface area contributed by atoms with Crippen LogP contribution in [0.5, 0.6) is 0 Å². The standard InChI is InChI=1S/C19H19N3O3.C2HF3O2/c1-13-6-3-4-7-15(13)18(23)21-14-8-9-17(16(12-14)19(24)25)22(2)11-5-10-20;3-2(4,5)1(6)7/h3-4,6-9,12H,5,11H2,1-2H3,(H,21,23)(H,24,25);(H,6,7). The molecule has 0 aliphatic carbocycles. The van der Waals surface area contributed by atoms with Crippen molar-refractivity contribution in [2.45, 2.75) is 19.5 Å². The summed E-state index contributed by atoms with van der Waals surface area (Å²) in [5, 5.41) is 28.0. The van der Waals surface area contributed by atoms with Crippen LogP contribution in [0.25, 0.3) is 0 Å². The first-order chi connectivity index (χ1) is 14.9. The van der Waals surface area contributed by atoms with Gasteiger partial charge in [0.1, 0.15) is 0 Å². The minimum atomic E-state index is -5.08. The normalized spacial score (nSPS) is 10.2. The van der Waals surface area contributed by atoms with Crippen LogP contribution in [-0.4, -0.2) is 47.8 Å². The SMILES string of the molecule is Cc1ccccc1C(=O)Nc1ccc(N(C)CCC#N)c(C(=O)O)c1.O=C(O)C(F)(F)F. The Bertz CT molecular complexity index is 1030. The molecule has 0 bridgehead atoms. The number of carbonyl (C=O) groups excluding carboxylic acids is 1. The van der Waals surface area contributed by atoms with E-state index in [0.29, 0.717) is 29.9 Å². The Morgan fingerprint density at radius 2 is 1.69 bits per heavy atom. The molecule has 0 unspecified atom stereocenters. The lowest BCUT2D eigenvalue weighted by atomic mass is 10.1. The second-order valence-corrected chi connectivity index (χ2v) is 6.44. The van der Waals surface area contributed by atoms with Gasteiger partial charge < -0.3 is 20.4 Å². The molecule has 0 saturated heterocycles. The van der Waals surface area contributed by atoms with Crippen molar-refractivity contribution < 1.29 is 37.8 Å². The molecule has 8 nitrogen and oxygen atoms in total. The van der Waals surface area contributed by atoms with E-state index < -0.39 is 18.1 Å². The van der Waals surface area contributed by atoms with Crippen molar-refractivity contribution >= 4 is 29.2 Å². The fourth-order valence-electron chi connectivity index (χ4n) is 2.48. The maximum atomic E-state index is 12.4. The molecule has 2 aromatic rings. The van der Waals surface area contributed by atoms with E-state index in [-0.39, 0.29) is 11.5 Å². The zero-order valence-corrected chi connectivity index (χ0v) is 17.1. The summed E-state index contributed by atoms with van der Waals surface area (Å²) in [6, 6.07) is 13.9. The Morgan fingerprint density at radius 3 is 2.19 bits per heavy atom. The van der Waals surface area contributed by atoms with E-state index in [0.717, 1.165) is 5.56 Å². The van der Waals surface area contributed by atoms with Crippen molar-refractivity contribution in [2.75, 3.05) is 23.8 Å². The van der Waals surface area contributed by atoms with Gasteiger partial charge in [-0.3, -0.25) is 4.79 Å². The van der Waals surface area contributed by atoms with Gasteiger partial charge in [-0.2, -0.15) is 18.4 Å². The number of halogens is 3. The van der Waals surface area contributed by atoms with Gasteiger partial charge in [0, 0.05) is 24.8 Å². The van der Waals surface area contributed by atoms with Crippen LogP contribution in [-0.2, 0) is 4.79 Å². The van der Waals surface area contributed by atoms with Gasteiger partial charge >= 0.3 is 18.1 Å². The zero-order chi connectivity index (χ0) is 24.5. The van der Waals surface area contributed by atoms with E-state index in [4.69, 9.17) is 15.2 Å². The van der Waals surface area contributed by atoms with Gasteiger partial charge in [0.15, 0.2) is 0 Å². The molecule has 0 aromatic heterocycles. The molecule has 0 atom stereocenters. The van der Waals surface area contributed by atoms with Crippen LogP contribution in [0.4, 0.5) is 24.5 Å². The number of carboxylic acid groups (broad SMARTS) is 2. The number of nitriles is 1. The number of anilines is 2. The van der Waals surface area contributed by atoms with Crippen LogP contribution in [0.1, 0.15) is 32.7 Å². The molecule has 0 heterocycles. The van der Waals surface area contributed by atoms with E-state index in [9.17, 15) is 27.9 Å². The number of carboxylic acids is 2. The number of benzene rings is 2. The monoisotopic (exact) mass is 451 g/mol. The lowest BCUT2D eigenvalue weighted by molar-refractivity contribution is -0.192. The molecule has 2 aromatic carbocycles. The molecule has 170 valence electrons. The van der Waals surface area contributed by atoms with Crippen molar-refractivity contribution in [2.24, 2.45) is 0 Å². The Balaban J connectivity index is 0.000000633. The summed E-state index contributed by atoms with van der Waals surface area (Å²) in [5.74, 6) is -4.14. The molecule has 0 aliphatic rings. The Kier molecular flexibility index (Phi) is 9.21. The van der Waals surface area contributed by atoms with Gasteiger partial charge in [-0.1, -0.05) is 18.2 Å². The van der Waals surface area contributed by atoms with Crippen molar-refractivity contribution in [1.82, 2.24) is 0 Å². The third kappa shape index (κ3) is 7.64. The molecule has 0 aliphatic heterocycles. The van der Waals surface area contributed by atoms with Gasteiger partial charge in [0.2, 0.25) is 0 Å².